The summed E-state index contributed by atoms with van der Waals surface area (Å²) in [6.07, 6.45) is 0. The molecule has 1 aliphatic rings. The van der Waals surface area contributed by atoms with Gasteiger partial charge in [0.15, 0.2) is 0 Å². The molecule has 1 aromatic heterocycles. The predicted octanol–water partition coefficient (Wildman–Crippen LogP) is 8.10. The molecular weight excluding hydrogens is 370 g/mol. The summed E-state index contributed by atoms with van der Waals surface area (Å²) in [5, 5.41) is 6.45. The Kier molecular flexibility index (Phi) is 3.45. The molecule has 0 radical (unpaired) electrons. The quantitative estimate of drug-likeness (QED) is 0.320. The summed E-state index contributed by atoms with van der Waals surface area (Å²) < 4.78 is 2.66. The van der Waals surface area contributed by atoms with Crippen molar-refractivity contribution in [2.75, 3.05) is 5.32 Å². The van der Waals surface area contributed by atoms with Crippen molar-refractivity contribution in [1.82, 2.24) is 0 Å². The number of nitrogens with one attached hydrogen (secondary N) is 1. The van der Waals surface area contributed by atoms with Crippen LogP contribution in [-0.4, -0.2) is 0 Å². The number of anilines is 2. The van der Waals surface area contributed by atoms with Gasteiger partial charge in [0.2, 0.25) is 0 Å². The molecule has 2 heteroatoms. The smallest absolute Gasteiger partial charge is 0.0478 e. The molecule has 140 valence electrons. The highest BCUT2D eigenvalue weighted by Crippen LogP contribution is 2.52. The van der Waals surface area contributed by atoms with Crippen molar-refractivity contribution in [3.8, 4) is 11.1 Å². The van der Waals surface area contributed by atoms with Gasteiger partial charge in [0.25, 0.3) is 0 Å². The first-order valence-corrected chi connectivity index (χ1v) is 10.9. The predicted molar refractivity (Wildman–Crippen MR) is 127 cm³/mol. The van der Waals surface area contributed by atoms with Crippen LogP contribution in [-0.2, 0) is 5.41 Å². The SMILES string of the molecule is CC1(C)c2ccccc2-c2c(Nc3cccc4sc5ccccc5c34)cccc21. The van der Waals surface area contributed by atoms with Gasteiger partial charge < -0.3 is 5.32 Å². The van der Waals surface area contributed by atoms with Gasteiger partial charge in [-0.3, -0.25) is 0 Å². The van der Waals surface area contributed by atoms with Gasteiger partial charge in [0.05, 0.1) is 0 Å². The average molecular weight is 392 g/mol. The van der Waals surface area contributed by atoms with Crippen molar-refractivity contribution in [2.24, 2.45) is 0 Å². The van der Waals surface area contributed by atoms with E-state index in [1.807, 2.05) is 11.3 Å². The van der Waals surface area contributed by atoms with Crippen LogP contribution in [0.4, 0.5) is 11.4 Å². The molecule has 1 N–H and O–H groups in total. The molecule has 1 nitrogen and oxygen atoms in total. The molecule has 0 bridgehead atoms. The summed E-state index contributed by atoms with van der Waals surface area (Å²) in [6.45, 7) is 4.66. The Morgan fingerprint density at radius 1 is 0.655 bits per heavy atom. The molecular formula is C27H21NS. The third kappa shape index (κ3) is 2.33. The minimum absolute atomic E-state index is 0.0186. The Labute approximate surface area is 174 Å². The Bertz CT molecular complexity index is 1410. The minimum Gasteiger partial charge on any atom is -0.354 e. The van der Waals surface area contributed by atoms with Crippen LogP contribution in [0, 0.1) is 0 Å². The molecule has 0 spiro atoms. The Hall–Kier alpha value is -3.10. The zero-order valence-corrected chi connectivity index (χ0v) is 17.3. The number of fused-ring (bicyclic) bond motifs is 6. The molecule has 0 aliphatic heterocycles. The van der Waals surface area contributed by atoms with Crippen molar-refractivity contribution in [3.05, 3.63) is 96.1 Å². The number of hydrogen-bond donors (Lipinski definition) is 1. The van der Waals surface area contributed by atoms with E-state index in [2.05, 4.69) is 104 Å². The van der Waals surface area contributed by atoms with Crippen LogP contribution >= 0.6 is 11.3 Å². The second-order valence-electron chi connectivity index (χ2n) is 8.30. The van der Waals surface area contributed by atoms with Crippen molar-refractivity contribution in [1.29, 1.82) is 0 Å². The van der Waals surface area contributed by atoms with Gasteiger partial charge in [-0.25, -0.2) is 0 Å². The third-order valence-electron chi connectivity index (χ3n) is 6.28. The van der Waals surface area contributed by atoms with Gasteiger partial charge >= 0.3 is 0 Å². The molecule has 6 rings (SSSR count). The zero-order chi connectivity index (χ0) is 19.6. The molecule has 4 aromatic carbocycles. The van der Waals surface area contributed by atoms with E-state index < -0.39 is 0 Å². The lowest BCUT2D eigenvalue weighted by molar-refractivity contribution is 0.660. The molecule has 0 atom stereocenters. The number of rotatable bonds is 2. The van der Waals surface area contributed by atoms with Crippen molar-refractivity contribution in [2.45, 2.75) is 19.3 Å². The highest BCUT2D eigenvalue weighted by Gasteiger charge is 2.36. The van der Waals surface area contributed by atoms with Gasteiger partial charge in [-0.15, -0.1) is 11.3 Å². The van der Waals surface area contributed by atoms with Gasteiger partial charge in [-0.05, 0) is 41.0 Å². The minimum atomic E-state index is 0.0186. The molecule has 0 saturated carbocycles. The first-order valence-electron chi connectivity index (χ1n) is 10.1. The second-order valence-corrected chi connectivity index (χ2v) is 9.38. The maximum atomic E-state index is 3.81. The van der Waals surface area contributed by atoms with Crippen LogP contribution in [0.5, 0.6) is 0 Å². The molecule has 29 heavy (non-hydrogen) atoms. The van der Waals surface area contributed by atoms with Gasteiger partial charge in [0.1, 0.15) is 0 Å². The largest absolute Gasteiger partial charge is 0.354 e. The van der Waals surface area contributed by atoms with Crippen molar-refractivity contribution in [3.63, 3.8) is 0 Å². The Morgan fingerprint density at radius 3 is 2.28 bits per heavy atom. The number of hydrogen-bond acceptors (Lipinski definition) is 2. The number of thiophene rings is 1. The molecule has 0 unspecified atom stereocenters. The summed E-state index contributed by atoms with van der Waals surface area (Å²) in [6, 6.07) is 30.8. The fraction of sp³-hybridized carbons (Fsp3) is 0.111. The van der Waals surface area contributed by atoms with Gasteiger partial charge in [-0.2, -0.15) is 0 Å². The average Bonchev–Trinajstić information content (AvgIpc) is 3.23. The van der Waals surface area contributed by atoms with E-state index in [1.165, 1.54) is 53.8 Å². The fourth-order valence-electron chi connectivity index (χ4n) is 4.88. The lowest BCUT2D eigenvalue weighted by Gasteiger charge is -2.21. The topological polar surface area (TPSA) is 12.0 Å². The maximum Gasteiger partial charge on any atom is 0.0478 e. The Balaban J connectivity index is 1.58. The molecule has 0 saturated heterocycles. The van der Waals surface area contributed by atoms with Crippen LogP contribution in [0.25, 0.3) is 31.3 Å². The van der Waals surface area contributed by atoms with E-state index in [0.717, 1.165) is 0 Å². The van der Waals surface area contributed by atoms with Crippen LogP contribution in [0.2, 0.25) is 0 Å². The molecule has 0 fully saturated rings. The van der Waals surface area contributed by atoms with Crippen molar-refractivity contribution >= 4 is 42.9 Å². The van der Waals surface area contributed by atoms with E-state index >= 15 is 0 Å². The molecule has 1 aliphatic carbocycles. The van der Waals surface area contributed by atoms with E-state index in [-0.39, 0.29) is 5.41 Å². The van der Waals surface area contributed by atoms with E-state index in [9.17, 15) is 0 Å². The van der Waals surface area contributed by atoms with Crippen molar-refractivity contribution < 1.29 is 0 Å². The Morgan fingerprint density at radius 2 is 1.34 bits per heavy atom. The summed E-state index contributed by atoms with van der Waals surface area (Å²) in [5.41, 5.74) is 7.86. The molecule has 5 aromatic rings. The van der Waals surface area contributed by atoms with Crippen LogP contribution in [0.1, 0.15) is 25.0 Å². The third-order valence-corrected chi connectivity index (χ3v) is 7.42. The normalized spacial score (nSPS) is 14.1. The summed E-state index contributed by atoms with van der Waals surface area (Å²) in [5.74, 6) is 0. The summed E-state index contributed by atoms with van der Waals surface area (Å²) in [4.78, 5) is 0. The van der Waals surface area contributed by atoms with Crippen LogP contribution < -0.4 is 5.32 Å². The van der Waals surface area contributed by atoms with E-state index in [0.29, 0.717) is 0 Å². The maximum absolute atomic E-state index is 3.81. The summed E-state index contributed by atoms with van der Waals surface area (Å²) >= 11 is 1.86. The monoisotopic (exact) mass is 391 g/mol. The van der Waals surface area contributed by atoms with Gasteiger partial charge in [-0.1, -0.05) is 74.5 Å². The highest BCUT2D eigenvalue weighted by atomic mass is 32.1. The lowest BCUT2D eigenvalue weighted by atomic mass is 9.82. The number of benzene rings is 4. The standard InChI is InChI=1S/C27H21NS/c1-27(2)19-11-5-3-9-17(19)25-20(27)12-7-13-21(25)28-22-14-8-16-24-26(22)18-10-4-6-15-23(18)29-24/h3-16,28H,1-2H3. The summed E-state index contributed by atoms with van der Waals surface area (Å²) in [7, 11) is 0. The molecule has 0 amide bonds. The van der Waals surface area contributed by atoms with E-state index in [1.54, 1.807) is 0 Å². The van der Waals surface area contributed by atoms with E-state index in [4.69, 9.17) is 0 Å². The molecule has 1 heterocycles. The van der Waals surface area contributed by atoms with Crippen LogP contribution in [0.15, 0.2) is 84.9 Å². The first-order chi connectivity index (χ1) is 14.1. The first kappa shape index (κ1) is 16.8. The fourth-order valence-corrected chi connectivity index (χ4v) is 6.01. The van der Waals surface area contributed by atoms with Gasteiger partial charge in [0, 0.05) is 42.5 Å². The lowest BCUT2D eigenvalue weighted by Crippen LogP contribution is -2.14. The second kappa shape index (κ2) is 5.95. The zero-order valence-electron chi connectivity index (χ0n) is 16.5. The van der Waals surface area contributed by atoms with Crippen LogP contribution in [0.3, 0.4) is 0 Å². The highest BCUT2D eigenvalue weighted by molar-refractivity contribution is 7.25.